The molecule has 0 spiro atoms. The molecule has 7 nitrogen and oxygen atoms in total. The molecule has 0 saturated carbocycles. The van der Waals surface area contributed by atoms with Gasteiger partial charge in [-0.15, -0.1) is 0 Å². The van der Waals surface area contributed by atoms with E-state index in [2.05, 4.69) is 15.4 Å². The van der Waals surface area contributed by atoms with Gasteiger partial charge in [0.15, 0.2) is 0 Å². The average Bonchev–Trinajstić information content (AvgIpc) is 2.75. The van der Waals surface area contributed by atoms with Crippen LogP contribution in [0.2, 0.25) is 5.02 Å². The lowest BCUT2D eigenvalue weighted by Crippen LogP contribution is -2.07. The number of halogens is 1. The number of hydrogen-bond donors (Lipinski definition) is 1. The fourth-order valence-corrected chi connectivity index (χ4v) is 1.88. The summed E-state index contributed by atoms with van der Waals surface area (Å²) >= 11 is 6.02. The first-order valence-corrected chi connectivity index (χ1v) is 5.88. The van der Waals surface area contributed by atoms with Gasteiger partial charge in [-0.25, -0.2) is 4.98 Å². The highest BCUT2D eigenvalue weighted by Crippen LogP contribution is 2.30. The molecule has 0 saturated heterocycles. The van der Waals surface area contributed by atoms with E-state index in [9.17, 15) is 10.1 Å². The standard InChI is InChI=1S/C11H12ClN5O2/c1-7-3-9(8(12)4-10(7)17(18)19)13-5-11-14-6-15-16(11)2/h3-4,6,13H,5H2,1-2H3. The van der Waals surface area contributed by atoms with Crippen LogP contribution in [0.25, 0.3) is 0 Å². The zero-order valence-corrected chi connectivity index (χ0v) is 11.2. The van der Waals surface area contributed by atoms with Crippen LogP contribution in [0, 0.1) is 17.0 Å². The third-order valence-electron chi connectivity index (χ3n) is 2.72. The first-order chi connectivity index (χ1) is 8.99. The summed E-state index contributed by atoms with van der Waals surface area (Å²) in [7, 11) is 1.78. The molecule has 0 atom stereocenters. The first kappa shape index (κ1) is 13.3. The molecule has 0 aliphatic carbocycles. The molecule has 2 aromatic rings. The Bertz CT molecular complexity index is 626. The molecule has 100 valence electrons. The maximum absolute atomic E-state index is 10.8. The number of rotatable bonds is 4. The second-order valence-electron chi connectivity index (χ2n) is 4.03. The van der Waals surface area contributed by atoms with Gasteiger partial charge in [-0.1, -0.05) is 11.6 Å². The van der Waals surface area contributed by atoms with Crippen LogP contribution < -0.4 is 5.32 Å². The normalized spacial score (nSPS) is 10.5. The Kier molecular flexibility index (Phi) is 3.66. The van der Waals surface area contributed by atoms with Crippen molar-refractivity contribution in [3.8, 4) is 0 Å². The molecule has 2 rings (SSSR count). The quantitative estimate of drug-likeness (QED) is 0.686. The number of nitrogens with one attached hydrogen (secondary N) is 1. The van der Waals surface area contributed by atoms with Gasteiger partial charge in [0.1, 0.15) is 12.2 Å². The van der Waals surface area contributed by atoms with E-state index < -0.39 is 4.92 Å². The molecule has 8 heteroatoms. The van der Waals surface area contributed by atoms with Crippen molar-refractivity contribution in [1.82, 2.24) is 14.8 Å². The molecule has 0 amide bonds. The van der Waals surface area contributed by atoms with Gasteiger partial charge >= 0.3 is 0 Å². The maximum Gasteiger partial charge on any atom is 0.273 e. The van der Waals surface area contributed by atoms with Crippen LogP contribution in [0.4, 0.5) is 11.4 Å². The third kappa shape index (κ3) is 2.82. The summed E-state index contributed by atoms with van der Waals surface area (Å²) in [5.41, 5.74) is 1.19. The first-order valence-electron chi connectivity index (χ1n) is 5.50. The van der Waals surface area contributed by atoms with E-state index in [1.807, 2.05) is 0 Å². The fraction of sp³-hybridized carbons (Fsp3) is 0.273. The van der Waals surface area contributed by atoms with Gasteiger partial charge < -0.3 is 5.32 Å². The maximum atomic E-state index is 10.8. The van der Waals surface area contributed by atoms with Gasteiger partial charge in [0.2, 0.25) is 0 Å². The van der Waals surface area contributed by atoms with Crippen LogP contribution in [0.1, 0.15) is 11.4 Å². The topological polar surface area (TPSA) is 85.9 Å². The van der Waals surface area contributed by atoms with Crippen molar-refractivity contribution in [3.05, 3.63) is 45.0 Å². The number of nitro groups is 1. The fourth-order valence-electron chi connectivity index (χ4n) is 1.66. The SMILES string of the molecule is Cc1cc(NCc2ncnn2C)c(Cl)cc1[N+](=O)[O-]. The molecule has 0 aliphatic heterocycles. The molecule has 1 aromatic heterocycles. The lowest BCUT2D eigenvalue weighted by Gasteiger charge is -2.09. The average molecular weight is 282 g/mol. The number of hydrogen-bond acceptors (Lipinski definition) is 5. The second-order valence-corrected chi connectivity index (χ2v) is 4.44. The third-order valence-corrected chi connectivity index (χ3v) is 3.04. The van der Waals surface area contributed by atoms with Gasteiger partial charge in [0, 0.05) is 18.7 Å². The predicted octanol–water partition coefficient (Wildman–Crippen LogP) is 2.30. The van der Waals surface area contributed by atoms with Crippen LogP contribution in [-0.2, 0) is 13.6 Å². The molecule has 0 bridgehead atoms. The monoisotopic (exact) mass is 281 g/mol. The van der Waals surface area contributed by atoms with Gasteiger partial charge in [-0.3, -0.25) is 14.8 Å². The molecule has 0 radical (unpaired) electrons. The minimum atomic E-state index is -0.451. The summed E-state index contributed by atoms with van der Waals surface area (Å²) in [4.78, 5) is 14.4. The Morgan fingerprint density at radius 2 is 2.26 bits per heavy atom. The van der Waals surface area contributed by atoms with E-state index in [0.29, 0.717) is 22.8 Å². The van der Waals surface area contributed by atoms with E-state index in [-0.39, 0.29) is 5.69 Å². The number of benzene rings is 1. The summed E-state index contributed by atoms with van der Waals surface area (Å²) in [6.45, 7) is 2.11. The van der Waals surface area contributed by atoms with Crippen LogP contribution in [0.15, 0.2) is 18.5 Å². The molecule has 0 aliphatic rings. The van der Waals surface area contributed by atoms with Crippen LogP contribution >= 0.6 is 11.6 Å². The highest BCUT2D eigenvalue weighted by molar-refractivity contribution is 6.33. The van der Waals surface area contributed by atoms with Gasteiger partial charge in [0.05, 0.1) is 22.2 Å². The van der Waals surface area contributed by atoms with Crippen LogP contribution in [0.5, 0.6) is 0 Å². The number of nitro benzene ring substituents is 1. The number of aryl methyl sites for hydroxylation is 2. The van der Waals surface area contributed by atoms with Gasteiger partial charge in [-0.05, 0) is 13.0 Å². The summed E-state index contributed by atoms with van der Waals surface area (Å²) in [5, 5.41) is 18.1. The van der Waals surface area contributed by atoms with Crippen molar-refractivity contribution in [2.45, 2.75) is 13.5 Å². The van der Waals surface area contributed by atoms with Crippen molar-refractivity contribution in [1.29, 1.82) is 0 Å². The largest absolute Gasteiger partial charge is 0.377 e. The second kappa shape index (κ2) is 5.23. The Balaban J connectivity index is 2.20. The van der Waals surface area contributed by atoms with E-state index >= 15 is 0 Å². The van der Waals surface area contributed by atoms with Crippen molar-refractivity contribution < 1.29 is 4.92 Å². The lowest BCUT2D eigenvalue weighted by molar-refractivity contribution is -0.385. The smallest absolute Gasteiger partial charge is 0.273 e. The summed E-state index contributed by atoms with van der Waals surface area (Å²) in [6.07, 6.45) is 1.46. The number of aromatic nitrogens is 3. The summed E-state index contributed by atoms with van der Waals surface area (Å²) in [6, 6.07) is 2.99. The van der Waals surface area contributed by atoms with Crippen LogP contribution in [-0.4, -0.2) is 19.7 Å². The van der Waals surface area contributed by atoms with E-state index in [4.69, 9.17) is 11.6 Å². The minimum Gasteiger partial charge on any atom is -0.377 e. The summed E-state index contributed by atoms with van der Waals surface area (Å²) < 4.78 is 1.64. The minimum absolute atomic E-state index is 0.00853. The Morgan fingerprint density at radius 3 is 2.84 bits per heavy atom. The van der Waals surface area contributed by atoms with E-state index in [1.54, 1.807) is 24.7 Å². The van der Waals surface area contributed by atoms with Crippen molar-refractivity contribution in [2.24, 2.45) is 7.05 Å². The van der Waals surface area contributed by atoms with Gasteiger partial charge in [0.25, 0.3) is 5.69 Å². The highest BCUT2D eigenvalue weighted by Gasteiger charge is 2.14. The molecule has 0 unspecified atom stereocenters. The van der Waals surface area contributed by atoms with Crippen LogP contribution in [0.3, 0.4) is 0 Å². The van der Waals surface area contributed by atoms with Crippen molar-refractivity contribution in [2.75, 3.05) is 5.32 Å². The molecule has 1 N–H and O–H groups in total. The molecular formula is C11H12ClN5O2. The highest BCUT2D eigenvalue weighted by atomic mass is 35.5. The molecule has 19 heavy (non-hydrogen) atoms. The Labute approximate surface area is 114 Å². The molecule has 1 heterocycles. The van der Waals surface area contributed by atoms with E-state index in [1.165, 1.54) is 12.4 Å². The number of nitrogens with zero attached hydrogens (tertiary/aromatic N) is 4. The zero-order chi connectivity index (χ0) is 14.0. The molecular weight excluding hydrogens is 270 g/mol. The predicted molar refractivity (Wildman–Crippen MR) is 71.2 cm³/mol. The lowest BCUT2D eigenvalue weighted by atomic mass is 10.2. The van der Waals surface area contributed by atoms with Crippen molar-refractivity contribution >= 4 is 23.0 Å². The van der Waals surface area contributed by atoms with E-state index in [0.717, 1.165) is 5.82 Å². The zero-order valence-electron chi connectivity index (χ0n) is 10.4. The molecule has 1 aromatic carbocycles. The summed E-state index contributed by atoms with van der Waals surface area (Å²) in [5.74, 6) is 0.743. The number of anilines is 1. The van der Waals surface area contributed by atoms with Gasteiger partial charge in [-0.2, -0.15) is 5.10 Å². The molecule has 0 fully saturated rings. The van der Waals surface area contributed by atoms with Crippen molar-refractivity contribution in [3.63, 3.8) is 0 Å². The Morgan fingerprint density at radius 1 is 1.53 bits per heavy atom. The Hall–Kier alpha value is -2.15.